The van der Waals surface area contributed by atoms with Crippen molar-refractivity contribution in [3.8, 4) is 6.07 Å². The van der Waals surface area contributed by atoms with E-state index in [0.717, 1.165) is 22.6 Å². The summed E-state index contributed by atoms with van der Waals surface area (Å²) in [4.78, 5) is 12.3. The molecule has 1 aliphatic carbocycles. The van der Waals surface area contributed by atoms with E-state index in [1.807, 2.05) is 48.9 Å². The lowest BCUT2D eigenvalue weighted by Gasteiger charge is -2.15. The molecule has 1 amide bonds. The van der Waals surface area contributed by atoms with Crippen LogP contribution in [0.15, 0.2) is 36.4 Å². The van der Waals surface area contributed by atoms with Gasteiger partial charge in [0, 0.05) is 22.9 Å². The average molecular weight is 393 g/mol. The molecule has 0 radical (unpaired) electrons. The molecule has 1 aromatic heterocycles. The Kier molecular flexibility index (Phi) is 6.38. The average Bonchev–Trinajstić information content (AvgIpc) is 3.23. The lowest BCUT2D eigenvalue weighted by Crippen LogP contribution is -2.20. The van der Waals surface area contributed by atoms with E-state index in [4.69, 9.17) is 10.00 Å². The van der Waals surface area contributed by atoms with Crippen molar-refractivity contribution in [2.45, 2.75) is 65.0 Å². The molecule has 0 spiro atoms. The fourth-order valence-electron chi connectivity index (χ4n) is 3.82. The first-order valence-electron chi connectivity index (χ1n) is 10.1. The van der Waals surface area contributed by atoms with Crippen LogP contribution >= 0.6 is 0 Å². The minimum Gasteiger partial charge on any atom is -0.442 e. The number of carbonyl (C=O) groups excluding carboxylic acids is 1. The molecule has 0 aliphatic heterocycles. The van der Waals surface area contributed by atoms with E-state index in [2.05, 4.69) is 36.4 Å². The van der Waals surface area contributed by atoms with E-state index in [1.165, 1.54) is 5.56 Å². The topological polar surface area (TPSA) is 79.9 Å². The third-order valence-corrected chi connectivity index (χ3v) is 5.37. The van der Waals surface area contributed by atoms with E-state index in [0.29, 0.717) is 25.3 Å². The van der Waals surface area contributed by atoms with Gasteiger partial charge >= 0.3 is 6.09 Å². The maximum Gasteiger partial charge on any atom is 0.412 e. The lowest BCUT2D eigenvalue weighted by atomic mass is 9.96. The number of amides is 1. The highest BCUT2D eigenvalue weighted by atomic mass is 16.6. The number of carbonyl (C=O) groups is 1. The van der Waals surface area contributed by atoms with Crippen molar-refractivity contribution in [3.63, 3.8) is 0 Å². The zero-order chi connectivity index (χ0) is 21.0. The van der Waals surface area contributed by atoms with Crippen LogP contribution in [0.3, 0.4) is 0 Å². The van der Waals surface area contributed by atoms with Crippen LogP contribution in [0, 0.1) is 25.2 Å². The highest BCUT2D eigenvalue weighted by Gasteiger charge is 2.27. The van der Waals surface area contributed by atoms with Crippen LogP contribution in [-0.4, -0.2) is 22.0 Å². The van der Waals surface area contributed by atoms with Crippen LogP contribution < -0.4 is 5.32 Å². The molecule has 6 heteroatoms. The van der Waals surface area contributed by atoms with Crippen LogP contribution in [0.2, 0.25) is 0 Å². The number of aryl methyl sites for hydroxylation is 2. The van der Waals surface area contributed by atoms with E-state index in [9.17, 15) is 4.79 Å². The molecule has 2 aromatic rings. The van der Waals surface area contributed by atoms with Crippen molar-refractivity contribution in [2.75, 3.05) is 5.32 Å². The van der Waals surface area contributed by atoms with E-state index >= 15 is 0 Å². The standard InChI is InChI=1S/C23H28N4O2/c1-15(2)18-6-9-20(10-7-18)25-23(28)29-21-11-8-19(14-21)22-16(3)26-27(17(22)4)13-5-12-24/h6-11,15,19,21H,5,13-14H2,1-4H3,(H,25,28)/t19-,21+/m0/s1. The summed E-state index contributed by atoms with van der Waals surface area (Å²) in [5.74, 6) is 0.613. The molecule has 3 rings (SSSR count). The molecule has 0 unspecified atom stereocenters. The highest BCUT2D eigenvalue weighted by molar-refractivity contribution is 5.84. The molecule has 0 saturated carbocycles. The van der Waals surface area contributed by atoms with Crippen LogP contribution in [0.4, 0.5) is 10.5 Å². The van der Waals surface area contributed by atoms with Gasteiger partial charge in [0.05, 0.1) is 24.7 Å². The van der Waals surface area contributed by atoms with Crippen LogP contribution in [0.1, 0.15) is 61.0 Å². The number of rotatable bonds is 6. The number of nitriles is 1. The van der Waals surface area contributed by atoms with Gasteiger partial charge in [0.1, 0.15) is 6.10 Å². The van der Waals surface area contributed by atoms with Crippen LogP contribution in [0.5, 0.6) is 0 Å². The molecular formula is C23H28N4O2. The molecule has 1 heterocycles. The summed E-state index contributed by atoms with van der Waals surface area (Å²) in [6, 6.07) is 9.98. The largest absolute Gasteiger partial charge is 0.442 e. The van der Waals surface area contributed by atoms with Gasteiger partial charge in [-0.2, -0.15) is 10.4 Å². The smallest absolute Gasteiger partial charge is 0.412 e. The quantitative estimate of drug-likeness (QED) is 0.685. The summed E-state index contributed by atoms with van der Waals surface area (Å²) in [7, 11) is 0. The van der Waals surface area contributed by atoms with Crippen molar-refractivity contribution < 1.29 is 9.53 Å². The Balaban J connectivity index is 1.58. The maximum atomic E-state index is 12.3. The number of hydrogen-bond acceptors (Lipinski definition) is 4. The molecule has 152 valence electrons. The summed E-state index contributed by atoms with van der Waals surface area (Å²) in [6.45, 7) is 8.88. The molecule has 29 heavy (non-hydrogen) atoms. The number of aromatic nitrogens is 2. The van der Waals surface area contributed by atoms with Gasteiger partial charge in [-0.1, -0.05) is 32.1 Å². The van der Waals surface area contributed by atoms with Gasteiger partial charge in [-0.15, -0.1) is 0 Å². The number of anilines is 1. The Morgan fingerprint density at radius 2 is 2.03 bits per heavy atom. The molecule has 1 N–H and O–H groups in total. The molecular weight excluding hydrogens is 364 g/mol. The van der Waals surface area contributed by atoms with Crippen molar-refractivity contribution in [1.82, 2.24) is 9.78 Å². The van der Waals surface area contributed by atoms with E-state index < -0.39 is 6.09 Å². The monoisotopic (exact) mass is 392 g/mol. The second kappa shape index (κ2) is 8.95. The number of benzene rings is 1. The zero-order valence-electron chi connectivity index (χ0n) is 17.5. The maximum absolute atomic E-state index is 12.3. The number of nitrogens with zero attached hydrogens (tertiary/aromatic N) is 3. The van der Waals surface area contributed by atoms with Crippen molar-refractivity contribution in [3.05, 3.63) is 58.9 Å². The highest BCUT2D eigenvalue weighted by Crippen LogP contribution is 2.34. The number of ether oxygens (including phenoxy) is 1. The van der Waals surface area contributed by atoms with Crippen molar-refractivity contribution >= 4 is 11.8 Å². The van der Waals surface area contributed by atoms with Gasteiger partial charge < -0.3 is 4.74 Å². The number of allylic oxidation sites excluding steroid dienone is 1. The normalized spacial score (nSPS) is 18.1. The Morgan fingerprint density at radius 3 is 2.69 bits per heavy atom. The Labute approximate surface area is 172 Å². The molecule has 0 bridgehead atoms. The van der Waals surface area contributed by atoms with Gasteiger partial charge in [-0.3, -0.25) is 10.00 Å². The SMILES string of the molecule is Cc1nn(CCC#N)c(C)c1[C@H]1C=C[C@@H](OC(=O)Nc2ccc(C(C)C)cc2)C1. The second-order valence-electron chi connectivity index (χ2n) is 7.79. The van der Waals surface area contributed by atoms with Gasteiger partial charge in [0.15, 0.2) is 0 Å². The first kappa shape index (κ1) is 20.7. The van der Waals surface area contributed by atoms with Gasteiger partial charge in [-0.25, -0.2) is 4.79 Å². The van der Waals surface area contributed by atoms with E-state index in [-0.39, 0.29) is 12.0 Å². The lowest BCUT2D eigenvalue weighted by molar-refractivity contribution is 0.132. The van der Waals surface area contributed by atoms with E-state index in [1.54, 1.807) is 0 Å². The van der Waals surface area contributed by atoms with Gasteiger partial charge in [0.25, 0.3) is 0 Å². The predicted molar refractivity (Wildman–Crippen MR) is 113 cm³/mol. The van der Waals surface area contributed by atoms with Crippen molar-refractivity contribution in [1.29, 1.82) is 5.26 Å². The Hall–Kier alpha value is -3.07. The second-order valence-corrected chi connectivity index (χ2v) is 7.79. The minimum atomic E-state index is -0.448. The van der Waals surface area contributed by atoms with Crippen LogP contribution in [-0.2, 0) is 11.3 Å². The molecule has 6 nitrogen and oxygen atoms in total. The first-order chi connectivity index (χ1) is 13.9. The van der Waals surface area contributed by atoms with Gasteiger partial charge in [0.2, 0.25) is 0 Å². The molecule has 0 fully saturated rings. The molecule has 2 atom stereocenters. The first-order valence-corrected chi connectivity index (χ1v) is 10.1. The number of hydrogen-bond donors (Lipinski definition) is 1. The van der Waals surface area contributed by atoms with Gasteiger partial charge in [-0.05, 0) is 50.0 Å². The fourth-order valence-corrected chi connectivity index (χ4v) is 3.82. The molecule has 1 aromatic carbocycles. The molecule has 0 saturated heterocycles. The zero-order valence-corrected chi connectivity index (χ0v) is 17.5. The van der Waals surface area contributed by atoms with Crippen LogP contribution in [0.25, 0.3) is 0 Å². The fraction of sp³-hybridized carbons (Fsp3) is 0.435. The molecule has 1 aliphatic rings. The third kappa shape index (κ3) is 4.86. The summed E-state index contributed by atoms with van der Waals surface area (Å²) in [5, 5.41) is 16.2. The predicted octanol–water partition coefficient (Wildman–Crippen LogP) is 5.20. The Morgan fingerprint density at radius 1 is 1.31 bits per heavy atom. The summed E-state index contributed by atoms with van der Waals surface area (Å²) in [5.41, 5.74) is 5.15. The summed E-state index contributed by atoms with van der Waals surface area (Å²) < 4.78 is 7.48. The third-order valence-electron chi connectivity index (χ3n) is 5.37. The number of nitrogens with one attached hydrogen (secondary N) is 1. The summed E-state index contributed by atoms with van der Waals surface area (Å²) in [6.07, 6.45) is 4.45. The minimum absolute atomic E-state index is 0.161. The summed E-state index contributed by atoms with van der Waals surface area (Å²) >= 11 is 0. The van der Waals surface area contributed by atoms with Crippen molar-refractivity contribution in [2.24, 2.45) is 0 Å². The Bertz CT molecular complexity index is 935.